The Morgan fingerprint density at radius 1 is 1.19 bits per heavy atom. The first-order valence-corrected chi connectivity index (χ1v) is 8.59. The molecule has 3 aromatic rings. The van der Waals surface area contributed by atoms with E-state index in [1.807, 2.05) is 19.9 Å². The van der Waals surface area contributed by atoms with Crippen molar-refractivity contribution in [1.29, 1.82) is 0 Å². The van der Waals surface area contributed by atoms with Crippen molar-refractivity contribution in [3.8, 4) is 11.3 Å². The van der Waals surface area contributed by atoms with E-state index in [4.69, 9.17) is 4.42 Å². The predicted octanol–water partition coefficient (Wildman–Crippen LogP) is 4.00. The summed E-state index contributed by atoms with van der Waals surface area (Å²) in [7, 11) is 0. The molecule has 1 aromatic carbocycles. The smallest absolute Gasteiger partial charge is 0.232 e. The topological polar surface area (TPSA) is 60.4 Å². The van der Waals surface area contributed by atoms with Crippen LogP contribution in [-0.4, -0.2) is 21.5 Å². The highest BCUT2D eigenvalue weighted by Crippen LogP contribution is 2.26. The summed E-state index contributed by atoms with van der Waals surface area (Å²) in [5, 5.41) is 0. The van der Waals surface area contributed by atoms with Gasteiger partial charge < -0.3 is 4.42 Å². The van der Waals surface area contributed by atoms with E-state index in [1.54, 1.807) is 18.3 Å². The minimum atomic E-state index is -0.728. The maximum Gasteiger partial charge on any atom is 0.232 e. The summed E-state index contributed by atoms with van der Waals surface area (Å²) in [4.78, 5) is 21.0. The molecule has 0 saturated carbocycles. The average Bonchev–Trinajstić information content (AvgIpc) is 3.08. The van der Waals surface area contributed by atoms with Gasteiger partial charge in [0.25, 0.3) is 0 Å². The molecule has 0 amide bonds. The number of carbonyl (C=O) groups is 1. The Bertz CT molecular complexity index is 1000. The Morgan fingerprint density at radius 2 is 1.93 bits per heavy atom. The van der Waals surface area contributed by atoms with Crippen LogP contribution in [-0.2, 0) is 6.42 Å². The van der Waals surface area contributed by atoms with E-state index < -0.39 is 11.6 Å². The summed E-state index contributed by atoms with van der Waals surface area (Å²) < 4.78 is 34.6. The van der Waals surface area contributed by atoms with Crippen LogP contribution in [0.3, 0.4) is 0 Å². The van der Waals surface area contributed by atoms with Gasteiger partial charge in [-0.1, -0.05) is 12.1 Å². The lowest BCUT2D eigenvalue weighted by atomic mass is 10.1. The first-order chi connectivity index (χ1) is 13.0. The van der Waals surface area contributed by atoms with Crippen molar-refractivity contribution < 1.29 is 18.0 Å². The van der Waals surface area contributed by atoms with Gasteiger partial charge in [0.15, 0.2) is 11.7 Å². The Balaban J connectivity index is 1.76. The minimum absolute atomic E-state index is 0.00379. The van der Waals surface area contributed by atoms with E-state index in [0.29, 0.717) is 5.49 Å². The Labute approximate surface area is 155 Å². The second-order valence-corrected chi connectivity index (χ2v) is 6.26. The van der Waals surface area contributed by atoms with Crippen LogP contribution >= 0.6 is 0 Å². The summed E-state index contributed by atoms with van der Waals surface area (Å²) in [5.41, 5.74) is 0.303. The van der Waals surface area contributed by atoms with E-state index in [9.17, 15) is 13.6 Å². The number of nitrogens with zero attached hydrogens (tertiary/aromatic N) is 3. The van der Waals surface area contributed by atoms with Gasteiger partial charge in [-0.2, -0.15) is 0 Å². The number of hydrogen-bond donors (Lipinski definition) is 0. The second kappa shape index (κ2) is 8.07. The normalized spacial score (nSPS) is 12.0. The van der Waals surface area contributed by atoms with Crippen LogP contribution in [0.5, 0.6) is 0 Å². The van der Waals surface area contributed by atoms with Gasteiger partial charge in [0.05, 0.1) is 11.8 Å². The predicted molar refractivity (Wildman–Crippen MR) is 95.9 cm³/mol. The summed E-state index contributed by atoms with van der Waals surface area (Å²) in [6.45, 7) is 3.86. The largest absolute Gasteiger partial charge is 0.441 e. The maximum atomic E-state index is 13.8. The fraction of sp³-hybridized carbons (Fsp3) is 0.250. The molecule has 0 spiro atoms. The Morgan fingerprint density at radius 3 is 2.63 bits per heavy atom. The number of carbonyl (C=O) groups excluding carboxylic acids is 1. The van der Waals surface area contributed by atoms with Gasteiger partial charge in [-0.25, -0.2) is 13.8 Å². The number of halogens is 2. The van der Waals surface area contributed by atoms with E-state index in [-0.39, 0.29) is 42.0 Å². The van der Waals surface area contributed by atoms with E-state index in [0.717, 1.165) is 12.1 Å². The highest BCUT2D eigenvalue weighted by Gasteiger charge is 2.16. The van der Waals surface area contributed by atoms with Crippen molar-refractivity contribution >= 4 is 5.91 Å². The molecule has 0 atom stereocenters. The number of benzene rings is 1. The quantitative estimate of drug-likeness (QED) is 0.681. The lowest BCUT2D eigenvalue weighted by Crippen LogP contribution is -2.27. The van der Waals surface area contributed by atoms with Crippen molar-refractivity contribution in [1.82, 2.24) is 9.55 Å². The van der Waals surface area contributed by atoms with Gasteiger partial charge in [-0.15, -0.1) is 0 Å². The molecule has 2 heterocycles. The molecule has 0 fully saturated rings. The van der Waals surface area contributed by atoms with Crippen molar-refractivity contribution in [2.75, 3.05) is 0 Å². The van der Waals surface area contributed by atoms with Gasteiger partial charge in [0, 0.05) is 25.1 Å². The minimum Gasteiger partial charge on any atom is -0.441 e. The van der Waals surface area contributed by atoms with Crippen LogP contribution in [0.15, 0.2) is 58.2 Å². The van der Waals surface area contributed by atoms with Gasteiger partial charge in [0.2, 0.25) is 5.91 Å². The van der Waals surface area contributed by atoms with Crippen LogP contribution in [0.25, 0.3) is 11.3 Å². The third-order valence-electron chi connectivity index (χ3n) is 3.81. The zero-order valence-electron chi connectivity index (χ0n) is 15.0. The zero-order chi connectivity index (χ0) is 19.4. The van der Waals surface area contributed by atoms with Crippen LogP contribution in [0.1, 0.15) is 31.0 Å². The molecule has 27 heavy (non-hydrogen) atoms. The summed E-state index contributed by atoms with van der Waals surface area (Å²) >= 11 is 0. The van der Waals surface area contributed by atoms with Crippen LogP contribution < -0.4 is 5.49 Å². The molecule has 0 aliphatic carbocycles. The van der Waals surface area contributed by atoms with Crippen molar-refractivity contribution in [2.24, 2.45) is 4.99 Å². The average molecular weight is 371 g/mol. The highest BCUT2D eigenvalue weighted by molar-refractivity contribution is 5.78. The third kappa shape index (κ3) is 4.36. The molecule has 0 aliphatic heterocycles. The molecule has 0 bridgehead atoms. The van der Waals surface area contributed by atoms with Crippen molar-refractivity contribution in [3.05, 3.63) is 71.8 Å². The molecular formula is C20H19F2N3O2. The molecule has 0 unspecified atom stereocenters. The molecule has 7 heteroatoms. The van der Waals surface area contributed by atoms with E-state index >= 15 is 0 Å². The molecular weight excluding hydrogens is 352 g/mol. The zero-order valence-corrected chi connectivity index (χ0v) is 15.0. The van der Waals surface area contributed by atoms with E-state index in [1.165, 1.54) is 16.8 Å². The summed E-state index contributed by atoms with van der Waals surface area (Å²) in [6.07, 6.45) is 3.24. The number of aromatic nitrogens is 2. The molecule has 0 radical (unpaired) electrons. The third-order valence-corrected chi connectivity index (χ3v) is 3.81. The SMILES string of the molecule is CC(C)N=c1ccccn1C(=O)CCc1ncc(-c2c(F)cccc2F)o1. The number of rotatable bonds is 5. The van der Waals surface area contributed by atoms with Crippen molar-refractivity contribution in [2.45, 2.75) is 32.7 Å². The monoisotopic (exact) mass is 371 g/mol. The Hall–Kier alpha value is -3.09. The Kier molecular flexibility index (Phi) is 5.59. The van der Waals surface area contributed by atoms with Gasteiger partial charge in [0.1, 0.15) is 17.1 Å². The summed E-state index contributed by atoms with van der Waals surface area (Å²) in [5.74, 6) is -1.40. The van der Waals surface area contributed by atoms with E-state index in [2.05, 4.69) is 9.98 Å². The lowest BCUT2D eigenvalue weighted by Gasteiger charge is -2.06. The molecule has 0 N–H and O–H groups in total. The fourth-order valence-corrected chi connectivity index (χ4v) is 2.62. The van der Waals surface area contributed by atoms with Crippen LogP contribution in [0, 0.1) is 11.6 Å². The highest BCUT2D eigenvalue weighted by atomic mass is 19.1. The van der Waals surface area contributed by atoms with Gasteiger partial charge in [-0.3, -0.25) is 14.4 Å². The number of hydrogen-bond acceptors (Lipinski definition) is 4. The first-order valence-electron chi connectivity index (χ1n) is 8.59. The standard InChI is InChI=1S/C20H19F2N3O2/c1-13(2)24-17-8-3-4-11-25(17)19(26)10-9-18-23-12-16(27-18)20-14(21)6-5-7-15(20)22/h3-8,11-13H,9-10H2,1-2H3. The number of aryl methyl sites for hydroxylation is 1. The fourth-order valence-electron chi connectivity index (χ4n) is 2.62. The molecule has 5 nitrogen and oxygen atoms in total. The molecule has 140 valence electrons. The maximum absolute atomic E-state index is 13.8. The molecule has 3 rings (SSSR count). The van der Waals surface area contributed by atoms with Crippen LogP contribution in [0.4, 0.5) is 8.78 Å². The first kappa shape index (κ1) is 18.7. The number of pyridine rings is 1. The van der Waals surface area contributed by atoms with Crippen molar-refractivity contribution in [3.63, 3.8) is 0 Å². The molecule has 0 saturated heterocycles. The molecule has 0 aliphatic rings. The lowest BCUT2D eigenvalue weighted by molar-refractivity contribution is 0.0894. The second-order valence-electron chi connectivity index (χ2n) is 6.26. The van der Waals surface area contributed by atoms with Gasteiger partial charge in [-0.05, 0) is 38.1 Å². The summed E-state index contributed by atoms with van der Waals surface area (Å²) in [6, 6.07) is 8.96. The van der Waals surface area contributed by atoms with Crippen LogP contribution in [0.2, 0.25) is 0 Å². The van der Waals surface area contributed by atoms with Gasteiger partial charge >= 0.3 is 0 Å². The number of oxazole rings is 1. The molecule has 2 aromatic heterocycles.